The largest absolute Gasteiger partial charge is 0.493 e. The molecule has 1 fully saturated rings. The van der Waals surface area contributed by atoms with Gasteiger partial charge in [-0.2, -0.15) is 0 Å². The molecule has 1 unspecified atom stereocenters. The number of carbonyl (C=O) groups is 1. The van der Waals surface area contributed by atoms with Gasteiger partial charge in [-0.15, -0.1) is 10.2 Å². The predicted octanol–water partition coefficient (Wildman–Crippen LogP) is 3.52. The summed E-state index contributed by atoms with van der Waals surface area (Å²) in [4.78, 5) is 14.7. The van der Waals surface area contributed by atoms with Crippen molar-refractivity contribution in [2.24, 2.45) is 0 Å². The number of fused-ring (bicyclic) bond motifs is 1. The number of piperidine rings is 1. The van der Waals surface area contributed by atoms with Gasteiger partial charge in [-0.3, -0.25) is 9.20 Å². The van der Waals surface area contributed by atoms with Gasteiger partial charge in [0.05, 0.1) is 13.0 Å². The molecule has 6 nitrogen and oxygen atoms in total. The SMILES string of the molecule is Cc1cccc(OCCC(=O)N2CCCC(c3nnc4ccccn34)C2)c1C. The van der Waals surface area contributed by atoms with E-state index in [4.69, 9.17) is 4.74 Å². The number of aryl methyl sites for hydroxylation is 1. The van der Waals surface area contributed by atoms with Crippen LogP contribution < -0.4 is 4.74 Å². The quantitative estimate of drug-likeness (QED) is 0.682. The number of nitrogens with zero attached hydrogens (tertiary/aromatic N) is 4. The van der Waals surface area contributed by atoms with Crippen LogP contribution in [0.15, 0.2) is 42.6 Å². The molecule has 3 heterocycles. The van der Waals surface area contributed by atoms with Gasteiger partial charge in [0, 0.05) is 25.2 Å². The van der Waals surface area contributed by atoms with Crippen LogP contribution in [0.4, 0.5) is 0 Å². The van der Waals surface area contributed by atoms with Crippen molar-refractivity contribution in [1.82, 2.24) is 19.5 Å². The molecular formula is C22H26N4O2. The van der Waals surface area contributed by atoms with Gasteiger partial charge in [-0.25, -0.2) is 0 Å². The van der Waals surface area contributed by atoms with Crippen LogP contribution in [0.2, 0.25) is 0 Å². The Morgan fingerprint density at radius 3 is 2.96 bits per heavy atom. The number of likely N-dealkylation sites (tertiary alicyclic amines) is 1. The van der Waals surface area contributed by atoms with Gasteiger partial charge in [-0.05, 0) is 56.0 Å². The third-order valence-electron chi connectivity index (χ3n) is 5.61. The number of carbonyl (C=O) groups excluding carboxylic acids is 1. The molecule has 1 aromatic carbocycles. The zero-order valence-electron chi connectivity index (χ0n) is 16.5. The van der Waals surface area contributed by atoms with E-state index in [1.165, 1.54) is 5.56 Å². The molecule has 1 amide bonds. The molecule has 4 rings (SSSR count). The lowest BCUT2D eigenvalue weighted by Crippen LogP contribution is -2.40. The highest BCUT2D eigenvalue weighted by molar-refractivity contribution is 5.76. The molecule has 6 heteroatoms. The van der Waals surface area contributed by atoms with E-state index >= 15 is 0 Å². The summed E-state index contributed by atoms with van der Waals surface area (Å²) in [5.74, 6) is 2.16. The Balaban J connectivity index is 1.36. The highest BCUT2D eigenvalue weighted by Crippen LogP contribution is 2.26. The lowest BCUT2D eigenvalue weighted by molar-refractivity contribution is -0.133. The molecule has 1 aliphatic heterocycles. The van der Waals surface area contributed by atoms with E-state index in [2.05, 4.69) is 23.2 Å². The molecule has 3 aromatic rings. The fourth-order valence-corrected chi connectivity index (χ4v) is 3.84. The molecule has 146 valence electrons. The minimum atomic E-state index is 0.142. The van der Waals surface area contributed by atoms with Gasteiger partial charge in [0.15, 0.2) is 5.65 Å². The highest BCUT2D eigenvalue weighted by Gasteiger charge is 2.27. The fourth-order valence-electron chi connectivity index (χ4n) is 3.84. The van der Waals surface area contributed by atoms with Crippen LogP contribution in [-0.4, -0.2) is 45.1 Å². The second-order valence-electron chi connectivity index (χ2n) is 7.46. The first-order chi connectivity index (χ1) is 13.6. The number of rotatable bonds is 5. The van der Waals surface area contributed by atoms with E-state index in [9.17, 15) is 4.79 Å². The van der Waals surface area contributed by atoms with Crippen LogP contribution >= 0.6 is 0 Å². The molecule has 0 saturated carbocycles. The maximum absolute atomic E-state index is 12.7. The molecule has 1 atom stereocenters. The number of pyridine rings is 1. The van der Waals surface area contributed by atoms with Crippen molar-refractivity contribution in [2.45, 2.75) is 39.0 Å². The minimum Gasteiger partial charge on any atom is -0.493 e. The maximum atomic E-state index is 12.7. The van der Waals surface area contributed by atoms with Crippen molar-refractivity contribution >= 4 is 11.6 Å². The number of hydrogen-bond acceptors (Lipinski definition) is 4. The van der Waals surface area contributed by atoms with E-state index in [0.29, 0.717) is 19.6 Å². The van der Waals surface area contributed by atoms with Crippen LogP contribution in [0.1, 0.15) is 42.1 Å². The Morgan fingerprint density at radius 2 is 2.07 bits per heavy atom. The Kier molecular flexibility index (Phi) is 5.28. The second kappa shape index (κ2) is 8.00. The molecule has 0 radical (unpaired) electrons. The van der Waals surface area contributed by atoms with E-state index < -0.39 is 0 Å². The molecule has 0 spiro atoms. The average Bonchev–Trinajstić information content (AvgIpc) is 3.15. The zero-order chi connectivity index (χ0) is 19.5. The number of ether oxygens (including phenoxy) is 1. The molecular weight excluding hydrogens is 352 g/mol. The van der Waals surface area contributed by atoms with Gasteiger partial charge in [-0.1, -0.05) is 18.2 Å². The summed E-state index contributed by atoms with van der Waals surface area (Å²) in [5, 5.41) is 8.63. The molecule has 1 aliphatic rings. The monoisotopic (exact) mass is 378 g/mol. The summed E-state index contributed by atoms with van der Waals surface area (Å²) < 4.78 is 7.89. The third kappa shape index (κ3) is 3.72. The normalized spacial score (nSPS) is 17.1. The summed E-state index contributed by atoms with van der Waals surface area (Å²) in [6.45, 7) is 6.01. The first-order valence-electron chi connectivity index (χ1n) is 9.90. The van der Waals surface area contributed by atoms with E-state index in [0.717, 1.165) is 42.2 Å². The number of benzene rings is 1. The molecule has 0 aliphatic carbocycles. The number of aromatic nitrogens is 3. The molecule has 1 saturated heterocycles. The number of hydrogen-bond donors (Lipinski definition) is 0. The van der Waals surface area contributed by atoms with Gasteiger partial charge in [0.2, 0.25) is 5.91 Å². The smallest absolute Gasteiger partial charge is 0.226 e. The van der Waals surface area contributed by atoms with Gasteiger partial charge in [0.25, 0.3) is 0 Å². The Hall–Kier alpha value is -2.89. The van der Waals surface area contributed by atoms with Gasteiger partial charge < -0.3 is 9.64 Å². The van der Waals surface area contributed by atoms with Crippen LogP contribution in [0, 0.1) is 13.8 Å². The lowest BCUT2D eigenvalue weighted by atomic mass is 9.97. The van der Waals surface area contributed by atoms with Gasteiger partial charge >= 0.3 is 0 Å². The van der Waals surface area contributed by atoms with E-state index in [-0.39, 0.29) is 11.8 Å². The first kappa shape index (κ1) is 18.5. The van der Waals surface area contributed by atoms with Crippen molar-refractivity contribution in [3.05, 3.63) is 59.5 Å². The Bertz CT molecular complexity index is 982. The second-order valence-corrected chi connectivity index (χ2v) is 7.46. The van der Waals surface area contributed by atoms with Crippen LogP contribution in [-0.2, 0) is 4.79 Å². The van der Waals surface area contributed by atoms with Crippen LogP contribution in [0.5, 0.6) is 5.75 Å². The topological polar surface area (TPSA) is 59.7 Å². The minimum absolute atomic E-state index is 0.142. The average molecular weight is 378 g/mol. The lowest BCUT2D eigenvalue weighted by Gasteiger charge is -2.32. The predicted molar refractivity (Wildman–Crippen MR) is 108 cm³/mol. The summed E-state index contributed by atoms with van der Waals surface area (Å²) in [6, 6.07) is 11.9. The molecule has 0 N–H and O–H groups in total. The molecule has 28 heavy (non-hydrogen) atoms. The van der Waals surface area contributed by atoms with Gasteiger partial charge in [0.1, 0.15) is 11.6 Å². The van der Waals surface area contributed by atoms with Crippen molar-refractivity contribution < 1.29 is 9.53 Å². The summed E-state index contributed by atoms with van der Waals surface area (Å²) >= 11 is 0. The van der Waals surface area contributed by atoms with Crippen molar-refractivity contribution in [1.29, 1.82) is 0 Å². The van der Waals surface area contributed by atoms with Crippen LogP contribution in [0.25, 0.3) is 5.65 Å². The zero-order valence-corrected chi connectivity index (χ0v) is 16.5. The van der Waals surface area contributed by atoms with E-state index in [1.807, 2.05) is 52.8 Å². The van der Waals surface area contributed by atoms with Crippen molar-refractivity contribution in [2.75, 3.05) is 19.7 Å². The standard InChI is InChI=1S/C22H26N4O2/c1-16-7-5-9-19(17(16)2)28-14-11-21(27)25-12-6-8-18(15-25)22-24-23-20-10-3-4-13-26(20)22/h3-5,7,9-10,13,18H,6,8,11-12,14-15H2,1-2H3. The maximum Gasteiger partial charge on any atom is 0.226 e. The van der Waals surface area contributed by atoms with Crippen molar-refractivity contribution in [3.8, 4) is 5.75 Å². The third-order valence-corrected chi connectivity index (χ3v) is 5.61. The number of amides is 1. The molecule has 0 bridgehead atoms. The fraction of sp³-hybridized carbons (Fsp3) is 0.409. The first-order valence-corrected chi connectivity index (χ1v) is 9.90. The summed E-state index contributed by atoms with van der Waals surface area (Å²) in [5.41, 5.74) is 3.18. The van der Waals surface area contributed by atoms with Crippen molar-refractivity contribution in [3.63, 3.8) is 0 Å². The highest BCUT2D eigenvalue weighted by atomic mass is 16.5. The summed E-state index contributed by atoms with van der Waals surface area (Å²) in [6.07, 6.45) is 4.39. The van der Waals surface area contributed by atoms with E-state index in [1.54, 1.807) is 0 Å². The van der Waals surface area contributed by atoms with Crippen LogP contribution in [0.3, 0.4) is 0 Å². The summed E-state index contributed by atoms with van der Waals surface area (Å²) in [7, 11) is 0. The molecule has 2 aromatic heterocycles. The Morgan fingerprint density at radius 1 is 1.18 bits per heavy atom. The Labute approximate surface area is 165 Å².